The third-order valence-corrected chi connectivity index (χ3v) is 2.10. The van der Waals surface area contributed by atoms with Gasteiger partial charge in [-0.15, -0.1) is 0 Å². The third-order valence-electron chi connectivity index (χ3n) is 2.10. The topological polar surface area (TPSA) is 59.0 Å². The first-order chi connectivity index (χ1) is 7.22. The maximum atomic E-state index is 11.2. The van der Waals surface area contributed by atoms with Crippen molar-refractivity contribution in [1.29, 1.82) is 0 Å². The second kappa shape index (κ2) is 6.19. The molecule has 5 heteroatoms. The Balaban J connectivity index is 2.13. The van der Waals surface area contributed by atoms with Gasteiger partial charge in [-0.1, -0.05) is 0 Å². The molecule has 15 heavy (non-hydrogen) atoms. The number of nitrogens with zero attached hydrogens (tertiary/aromatic N) is 2. The summed E-state index contributed by atoms with van der Waals surface area (Å²) in [4.78, 5) is 11.2. The highest BCUT2D eigenvalue weighted by Gasteiger charge is 2.00. The molecular formula is C10H18N4O. The summed E-state index contributed by atoms with van der Waals surface area (Å²) in [7, 11) is 3.72. The second-order valence-electron chi connectivity index (χ2n) is 3.48. The van der Waals surface area contributed by atoms with Gasteiger partial charge < -0.3 is 10.6 Å². The molecule has 0 bridgehead atoms. The molecule has 0 aliphatic carbocycles. The smallest absolute Gasteiger partial charge is 0.221 e. The molecule has 1 amide bonds. The summed E-state index contributed by atoms with van der Waals surface area (Å²) in [5, 5.41) is 9.85. The molecule has 1 rings (SSSR count). The highest BCUT2D eigenvalue weighted by molar-refractivity contribution is 5.76. The number of nitrogens with one attached hydrogen (secondary N) is 2. The summed E-state index contributed by atoms with van der Waals surface area (Å²) in [5.74, 6) is 0.0910. The quantitative estimate of drug-likeness (QED) is 0.677. The molecule has 0 atom stereocenters. The van der Waals surface area contributed by atoms with Gasteiger partial charge in [0.1, 0.15) is 0 Å². The van der Waals surface area contributed by atoms with Crippen LogP contribution in [0.25, 0.3) is 0 Å². The number of hydrogen-bond donors (Lipinski definition) is 2. The lowest BCUT2D eigenvalue weighted by atomic mass is 10.2. The summed E-state index contributed by atoms with van der Waals surface area (Å²) in [6.07, 6.45) is 5.14. The Kier molecular flexibility index (Phi) is 4.83. The van der Waals surface area contributed by atoms with Crippen LogP contribution in [0, 0.1) is 0 Å². The molecule has 0 aromatic carbocycles. The molecule has 84 valence electrons. The first kappa shape index (κ1) is 11.7. The first-order valence-electron chi connectivity index (χ1n) is 5.11. The summed E-state index contributed by atoms with van der Waals surface area (Å²) in [5.41, 5.74) is 1.14. The van der Waals surface area contributed by atoms with Gasteiger partial charge in [0, 0.05) is 32.8 Å². The average Bonchev–Trinajstić information content (AvgIpc) is 2.61. The van der Waals surface area contributed by atoms with E-state index in [1.165, 1.54) is 0 Å². The molecule has 0 radical (unpaired) electrons. The van der Waals surface area contributed by atoms with E-state index in [9.17, 15) is 4.79 Å². The van der Waals surface area contributed by atoms with Gasteiger partial charge in [-0.3, -0.25) is 9.48 Å². The molecule has 0 aliphatic heterocycles. The highest BCUT2D eigenvalue weighted by Crippen LogP contribution is 1.95. The summed E-state index contributed by atoms with van der Waals surface area (Å²) in [6, 6.07) is 0. The predicted molar refractivity (Wildman–Crippen MR) is 58.5 cm³/mol. The molecule has 0 fully saturated rings. The lowest BCUT2D eigenvalue weighted by Crippen LogP contribution is -2.28. The molecular weight excluding hydrogens is 192 g/mol. The van der Waals surface area contributed by atoms with E-state index < -0.39 is 0 Å². The highest BCUT2D eigenvalue weighted by atomic mass is 16.1. The molecule has 0 unspecified atom stereocenters. The molecule has 0 aliphatic rings. The molecule has 0 spiro atoms. The minimum Gasteiger partial charge on any atom is -0.356 e. The lowest BCUT2D eigenvalue weighted by molar-refractivity contribution is -0.120. The monoisotopic (exact) mass is 210 g/mol. The van der Waals surface area contributed by atoms with E-state index >= 15 is 0 Å². The Morgan fingerprint density at radius 2 is 2.33 bits per heavy atom. The van der Waals surface area contributed by atoms with Crippen LogP contribution in [0.15, 0.2) is 12.4 Å². The number of amides is 1. The van der Waals surface area contributed by atoms with Gasteiger partial charge >= 0.3 is 0 Å². The average molecular weight is 210 g/mol. The zero-order chi connectivity index (χ0) is 11.1. The van der Waals surface area contributed by atoms with Crippen LogP contribution < -0.4 is 10.6 Å². The van der Waals surface area contributed by atoms with Crippen molar-refractivity contribution in [2.24, 2.45) is 7.05 Å². The largest absolute Gasteiger partial charge is 0.356 e. The molecule has 0 saturated carbocycles. The minimum absolute atomic E-state index is 0.0910. The minimum atomic E-state index is 0.0910. The van der Waals surface area contributed by atoms with Crippen molar-refractivity contribution in [3.8, 4) is 0 Å². The molecule has 1 aromatic rings. The van der Waals surface area contributed by atoms with Gasteiger partial charge in [-0.05, 0) is 19.0 Å². The number of hydrogen-bond acceptors (Lipinski definition) is 3. The van der Waals surface area contributed by atoms with Crippen LogP contribution in [-0.2, 0) is 18.3 Å². The van der Waals surface area contributed by atoms with Gasteiger partial charge in [0.05, 0.1) is 6.20 Å². The lowest BCUT2D eigenvalue weighted by Gasteiger charge is -2.03. The van der Waals surface area contributed by atoms with Gasteiger partial charge in [0.2, 0.25) is 5.91 Å². The van der Waals surface area contributed by atoms with Crippen LogP contribution in [0.5, 0.6) is 0 Å². The maximum Gasteiger partial charge on any atom is 0.221 e. The van der Waals surface area contributed by atoms with Gasteiger partial charge in [-0.2, -0.15) is 5.10 Å². The van der Waals surface area contributed by atoms with Crippen LogP contribution in [0.3, 0.4) is 0 Å². The maximum absolute atomic E-state index is 11.2. The number of aromatic nitrogens is 2. The van der Waals surface area contributed by atoms with Crippen molar-refractivity contribution in [1.82, 2.24) is 20.4 Å². The molecule has 1 heterocycles. The van der Waals surface area contributed by atoms with Crippen LogP contribution >= 0.6 is 0 Å². The zero-order valence-corrected chi connectivity index (χ0v) is 9.29. The van der Waals surface area contributed by atoms with Crippen LogP contribution in [-0.4, -0.2) is 35.8 Å². The fraction of sp³-hybridized carbons (Fsp3) is 0.600. The van der Waals surface area contributed by atoms with E-state index in [1.807, 2.05) is 26.5 Å². The standard InChI is InChI=1S/C10H18N4O/c1-11-5-4-10(15)12-6-3-9-7-13-14(2)8-9/h7-8,11H,3-6H2,1-2H3,(H,12,15). The van der Waals surface area contributed by atoms with Crippen LogP contribution in [0.2, 0.25) is 0 Å². The molecule has 1 aromatic heterocycles. The van der Waals surface area contributed by atoms with Crippen molar-refractivity contribution in [3.05, 3.63) is 18.0 Å². The van der Waals surface area contributed by atoms with E-state index in [2.05, 4.69) is 15.7 Å². The molecule has 0 saturated heterocycles. The fourth-order valence-corrected chi connectivity index (χ4v) is 1.27. The van der Waals surface area contributed by atoms with E-state index in [-0.39, 0.29) is 5.91 Å². The first-order valence-corrected chi connectivity index (χ1v) is 5.11. The van der Waals surface area contributed by atoms with E-state index in [1.54, 1.807) is 4.68 Å². The van der Waals surface area contributed by atoms with Crippen molar-refractivity contribution in [2.45, 2.75) is 12.8 Å². The van der Waals surface area contributed by atoms with Gasteiger partial charge in [0.15, 0.2) is 0 Å². The van der Waals surface area contributed by atoms with Crippen molar-refractivity contribution >= 4 is 5.91 Å². The summed E-state index contributed by atoms with van der Waals surface area (Å²) in [6.45, 7) is 1.40. The van der Waals surface area contributed by atoms with Crippen molar-refractivity contribution in [3.63, 3.8) is 0 Å². The Hall–Kier alpha value is -1.36. The number of carbonyl (C=O) groups is 1. The SMILES string of the molecule is CNCCC(=O)NCCc1cnn(C)c1. The van der Waals surface area contributed by atoms with Gasteiger partial charge in [-0.25, -0.2) is 0 Å². The number of rotatable bonds is 6. The predicted octanol–water partition coefficient (Wildman–Crippen LogP) is -0.312. The fourth-order valence-electron chi connectivity index (χ4n) is 1.27. The van der Waals surface area contributed by atoms with Gasteiger partial charge in [0.25, 0.3) is 0 Å². The number of carbonyl (C=O) groups excluding carboxylic acids is 1. The number of aryl methyl sites for hydroxylation is 1. The Morgan fingerprint density at radius 3 is 2.93 bits per heavy atom. The second-order valence-corrected chi connectivity index (χ2v) is 3.48. The normalized spacial score (nSPS) is 10.3. The Morgan fingerprint density at radius 1 is 1.53 bits per heavy atom. The summed E-state index contributed by atoms with van der Waals surface area (Å²) < 4.78 is 1.76. The summed E-state index contributed by atoms with van der Waals surface area (Å²) >= 11 is 0. The zero-order valence-electron chi connectivity index (χ0n) is 9.29. The Bertz CT molecular complexity index is 308. The van der Waals surface area contributed by atoms with Crippen LogP contribution in [0.4, 0.5) is 0 Å². The third kappa shape index (κ3) is 4.60. The van der Waals surface area contributed by atoms with Crippen molar-refractivity contribution in [2.75, 3.05) is 20.1 Å². The van der Waals surface area contributed by atoms with E-state index in [0.717, 1.165) is 18.5 Å². The van der Waals surface area contributed by atoms with E-state index in [0.29, 0.717) is 13.0 Å². The Labute approximate surface area is 89.9 Å². The van der Waals surface area contributed by atoms with E-state index in [4.69, 9.17) is 0 Å². The van der Waals surface area contributed by atoms with Crippen LogP contribution in [0.1, 0.15) is 12.0 Å². The molecule has 2 N–H and O–H groups in total. The van der Waals surface area contributed by atoms with Crippen molar-refractivity contribution < 1.29 is 4.79 Å². The molecule has 5 nitrogen and oxygen atoms in total.